The Hall–Kier alpha value is -0.770. The van der Waals surface area contributed by atoms with Gasteiger partial charge in [0.2, 0.25) is 0 Å². The van der Waals surface area contributed by atoms with E-state index in [0.29, 0.717) is 6.04 Å². The van der Waals surface area contributed by atoms with Crippen LogP contribution < -0.4 is 15.4 Å². The van der Waals surface area contributed by atoms with Crippen LogP contribution in [0, 0.1) is 6.92 Å². The Balaban J connectivity index is 0.00000128. The van der Waals surface area contributed by atoms with Gasteiger partial charge in [0.25, 0.3) is 0 Å². The summed E-state index contributed by atoms with van der Waals surface area (Å²) in [5.74, 6) is 0.961. The fourth-order valence-electron chi connectivity index (χ4n) is 2.01. The molecule has 1 aliphatic heterocycles. The molecule has 90 valence electrons. The number of hydrogen-bond acceptors (Lipinski definition) is 3. The van der Waals surface area contributed by atoms with E-state index in [1.165, 1.54) is 11.1 Å². The summed E-state index contributed by atoms with van der Waals surface area (Å²) in [5, 5.41) is 6.88. The standard InChI is InChI=1S/C12H18N2O.ClH/c1-9-7-10(3-4-12(9)15-2)11-8-13-5-6-14-11;/h3-4,7,11,13-14H,5-6,8H2,1-2H3;1H/t11-;/m1./s1. The first-order valence-electron chi connectivity index (χ1n) is 5.40. The van der Waals surface area contributed by atoms with E-state index < -0.39 is 0 Å². The Labute approximate surface area is 103 Å². The second kappa shape index (κ2) is 6.09. The normalized spacial score (nSPS) is 20.0. The maximum absolute atomic E-state index is 5.25. The predicted octanol–water partition coefficient (Wildman–Crippen LogP) is 1.66. The molecule has 3 nitrogen and oxygen atoms in total. The van der Waals surface area contributed by atoms with Gasteiger partial charge in [0.15, 0.2) is 0 Å². The highest BCUT2D eigenvalue weighted by atomic mass is 35.5. The van der Waals surface area contributed by atoms with Crippen LogP contribution in [0.1, 0.15) is 17.2 Å². The van der Waals surface area contributed by atoms with Gasteiger partial charge in [-0.3, -0.25) is 0 Å². The number of benzene rings is 1. The molecule has 1 aliphatic rings. The smallest absolute Gasteiger partial charge is 0.121 e. The fraction of sp³-hybridized carbons (Fsp3) is 0.500. The van der Waals surface area contributed by atoms with Crippen molar-refractivity contribution in [3.05, 3.63) is 29.3 Å². The van der Waals surface area contributed by atoms with E-state index in [-0.39, 0.29) is 12.4 Å². The van der Waals surface area contributed by atoms with E-state index in [1.807, 2.05) is 6.07 Å². The number of rotatable bonds is 2. The van der Waals surface area contributed by atoms with Gasteiger partial charge in [-0.05, 0) is 24.1 Å². The quantitative estimate of drug-likeness (QED) is 0.828. The number of halogens is 1. The van der Waals surface area contributed by atoms with Gasteiger partial charge in [-0.2, -0.15) is 0 Å². The van der Waals surface area contributed by atoms with Crippen molar-refractivity contribution in [2.75, 3.05) is 26.7 Å². The molecule has 0 spiro atoms. The molecule has 0 radical (unpaired) electrons. The first kappa shape index (κ1) is 13.3. The zero-order valence-corrected chi connectivity index (χ0v) is 10.6. The average molecular weight is 243 g/mol. The lowest BCUT2D eigenvalue weighted by molar-refractivity contribution is 0.409. The van der Waals surface area contributed by atoms with Crippen molar-refractivity contribution in [1.29, 1.82) is 0 Å². The highest BCUT2D eigenvalue weighted by Gasteiger charge is 2.14. The Kier molecular flexibility index (Phi) is 5.06. The van der Waals surface area contributed by atoms with Crippen LogP contribution in [0.2, 0.25) is 0 Å². The largest absolute Gasteiger partial charge is 0.496 e. The summed E-state index contributed by atoms with van der Waals surface area (Å²) >= 11 is 0. The molecule has 4 heteroatoms. The minimum atomic E-state index is 0. The Morgan fingerprint density at radius 3 is 2.69 bits per heavy atom. The maximum Gasteiger partial charge on any atom is 0.121 e. The van der Waals surface area contributed by atoms with Crippen molar-refractivity contribution in [3.8, 4) is 5.75 Å². The lowest BCUT2D eigenvalue weighted by Gasteiger charge is -2.25. The second-order valence-corrected chi connectivity index (χ2v) is 3.94. The molecule has 1 fully saturated rings. The Bertz CT molecular complexity index is 338. The molecule has 0 bridgehead atoms. The molecular formula is C12H19ClN2O. The summed E-state index contributed by atoms with van der Waals surface area (Å²) < 4.78 is 5.25. The van der Waals surface area contributed by atoms with Crippen molar-refractivity contribution in [2.45, 2.75) is 13.0 Å². The highest BCUT2D eigenvalue weighted by molar-refractivity contribution is 5.85. The predicted molar refractivity (Wildman–Crippen MR) is 68.6 cm³/mol. The third-order valence-electron chi connectivity index (χ3n) is 2.86. The molecule has 0 unspecified atom stereocenters. The van der Waals surface area contributed by atoms with E-state index in [4.69, 9.17) is 4.74 Å². The van der Waals surface area contributed by atoms with E-state index in [1.54, 1.807) is 7.11 Å². The highest BCUT2D eigenvalue weighted by Crippen LogP contribution is 2.22. The molecular weight excluding hydrogens is 224 g/mol. The number of hydrogen-bond donors (Lipinski definition) is 2. The van der Waals surface area contributed by atoms with Gasteiger partial charge in [0, 0.05) is 25.7 Å². The van der Waals surface area contributed by atoms with Crippen molar-refractivity contribution < 1.29 is 4.74 Å². The van der Waals surface area contributed by atoms with E-state index >= 15 is 0 Å². The van der Waals surface area contributed by atoms with Crippen LogP contribution in [-0.2, 0) is 0 Å². The second-order valence-electron chi connectivity index (χ2n) is 3.94. The summed E-state index contributed by atoms with van der Waals surface area (Å²) in [6.07, 6.45) is 0. The molecule has 1 aromatic rings. The molecule has 1 aromatic carbocycles. The lowest BCUT2D eigenvalue weighted by Crippen LogP contribution is -2.42. The third kappa shape index (κ3) is 2.88. The Morgan fingerprint density at radius 1 is 1.31 bits per heavy atom. The van der Waals surface area contributed by atoms with Crippen molar-refractivity contribution in [3.63, 3.8) is 0 Å². The summed E-state index contributed by atoms with van der Waals surface area (Å²) in [6, 6.07) is 6.81. The molecule has 1 saturated heterocycles. The first-order chi connectivity index (χ1) is 7.31. The number of ether oxygens (including phenoxy) is 1. The Morgan fingerprint density at radius 2 is 2.12 bits per heavy atom. The van der Waals surface area contributed by atoms with Crippen LogP contribution in [0.4, 0.5) is 0 Å². The summed E-state index contributed by atoms with van der Waals surface area (Å²) in [4.78, 5) is 0. The molecule has 2 N–H and O–H groups in total. The monoisotopic (exact) mass is 242 g/mol. The molecule has 0 amide bonds. The van der Waals surface area contributed by atoms with Gasteiger partial charge < -0.3 is 15.4 Å². The number of nitrogens with one attached hydrogen (secondary N) is 2. The minimum absolute atomic E-state index is 0. The van der Waals surface area contributed by atoms with Crippen LogP contribution in [0.15, 0.2) is 18.2 Å². The van der Waals surface area contributed by atoms with Crippen molar-refractivity contribution >= 4 is 12.4 Å². The van der Waals surface area contributed by atoms with E-state index in [9.17, 15) is 0 Å². The lowest BCUT2D eigenvalue weighted by atomic mass is 10.0. The molecule has 0 aromatic heterocycles. The summed E-state index contributed by atoms with van der Waals surface area (Å²) in [5.41, 5.74) is 2.53. The third-order valence-corrected chi connectivity index (χ3v) is 2.86. The van der Waals surface area contributed by atoms with Crippen LogP contribution >= 0.6 is 12.4 Å². The van der Waals surface area contributed by atoms with Crippen molar-refractivity contribution in [1.82, 2.24) is 10.6 Å². The molecule has 0 aliphatic carbocycles. The van der Waals surface area contributed by atoms with E-state index in [2.05, 4.69) is 29.7 Å². The molecule has 1 atom stereocenters. The van der Waals surface area contributed by atoms with Crippen molar-refractivity contribution in [2.24, 2.45) is 0 Å². The average Bonchev–Trinajstić information content (AvgIpc) is 2.30. The van der Waals surface area contributed by atoms with Crippen LogP contribution in [0.25, 0.3) is 0 Å². The van der Waals surface area contributed by atoms with Crippen LogP contribution in [-0.4, -0.2) is 26.7 Å². The van der Waals surface area contributed by atoms with Gasteiger partial charge in [-0.1, -0.05) is 12.1 Å². The fourth-order valence-corrected chi connectivity index (χ4v) is 2.01. The van der Waals surface area contributed by atoms with Crippen LogP contribution in [0.3, 0.4) is 0 Å². The topological polar surface area (TPSA) is 33.3 Å². The molecule has 16 heavy (non-hydrogen) atoms. The molecule has 0 saturated carbocycles. The zero-order valence-electron chi connectivity index (χ0n) is 9.75. The van der Waals surface area contributed by atoms with Gasteiger partial charge in [0.1, 0.15) is 5.75 Å². The van der Waals surface area contributed by atoms with Gasteiger partial charge in [0.05, 0.1) is 7.11 Å². The molecule has 1 heterocycles. The minimum Gasteiger partial charge on any atom is -0.496 e. The first-order valence-corrected chi connectivity index (χ1v) is 5.40. The van der Waals surface area contributed by atoms with Gasteiger partial charge >= 0.3 is 0 Å². The number of piperazine rings is 1. The number of aryl methyl sites for hydroxylation is 1. The van der Waals surface area contributed by atoms with Gasteiger partial charge in [-0.15, -0.1) is 12.4 Å². The number of methoxy groups -OCH3 is 1. The molecule has 2 rings (SSSR count). The summed E-state index contributed by atoms with van der Waals surface area (Å²) in [7, 11) is 1.71. The summed E-state index contributed by atoms with van der Waals surface area (Å²) in [6.45, 7) is 5.19. The SMILES string of the molecule is COc1ccc([C@H]2CNCCN2)cc1C.Cl. The zero-order chi connectivity index (χ0) is 10.7. The maximum atomic E-state index is 5.25. The van der Waals surface area contributed by atoms with Gasteiger partial charge in [-0.25, -0.2) is 0 Å². The van der Waals surface area contributed by atoms with Crippen LogP contribution in [0.5, 0.6) is 5.75 Å². The van der Waals surface area contributed by atoms with E-state index in [0.717, 1.165) is 25.4 Å².